The van der Waals surface area contributed by atoms with E-state index in [1.165, 1.54) is 4.90 Å². The van der Waals surface area contributed by atoms with E-state index < -0.39 is 5.91 Å². The number of hydrogen-bond acceptors (Lipinski definition) is 5. The lowest BCUT2D eigenvalue weighted by atomic mass is 10.0. The van der Waals surface area contributed by atoms with Gasteiger partial charge < -0.3 is 15.5 Å². The van der Waals surface area contributed by atoms with Gasteiger partial charge in [0.2, 0.25) is 5.91 Å². The van der Waals surface area contributed by atoms with Crippen molar-refractivity contribution < 1.29 is 14.4 Å². The van der Waals surface area contributed by atoms with Crippen LogP contribution in [0.1, 0.15) is 83.9 Å². The van der Waals surface area contributed by atoms with Crippen LogP contribution in [0, 0.1) is 0 Å². The quantitative estimate of drug-likeness (QED) is 0.291. The summed E-state index contributed by atoms with van der Waals surface area (Å²) >= 11 is 0. The molecule has 0 spiro atoms. The fourth-order valence-electron chi connectivity index (χ4n) is 4.89. The molecule has 0 aliphatic carbocycles. The number of nitrogens with zero attached hydrogens (tertiary/aromatic N) is 3. The predicted octanol–water partition coefficient (Wildman–Crippen LogP) is 4.57. The summed E-state index contributed by atoms with van der Waals surface area (Å²) in [6.07, 6.45) is 4.60. The third-order valence-corrected chi connectivity index (χ3v) is 7.16. The molecular formula is C29H40N4O3. The second-order valence-electron chi connectivity index (χ2n) is 9.39. The highest BCUT2D eigenvalue weighted by Gasteiger charge is 2.39. The van der Waals surface area contributed by atoms with Gasteiger partial charge in [0, 0.05) is 36.9 Å². The third-order valence-electron chi connectivity index (χ3n) is 7.16. The molecule has 1 heterocycles. The van der Waals surface area contributed by atoms with Crippen LogP contribution in [0.15, 0.2) is 48.5 Å². The van der Waals surface area contributed by atoms with E-state index in [2.05, 4.69) is 30.6 Å². The Labute approximate surface area is 215 Å². The summed E-state index contributed by atoms with van der Waals surface area (Å²) in [7, 11) is 0. The van der Waals surface area contributed by atoms with Crippen LogP contribution in [0.2, 0.25) is 0 Å². The van der Waals surface area contributed by atoms with Crippen LogP contribution in [0.5, 0.6) is 0 Å². The van der Waals surface area contributed by atoms with Crippen molar-refractivity contribution in [1.82, 2.24) is 9.80 Å². The number of unbranched alkanes of at least 4 members (excludes halogenated alkanes) is 2. The zero-order chi connectivity index (χ0) is 26.1. The van der Waals surface area contributed by atoms with Gasteiger partial charge in [-0.15, -0.1) is 0 Å². The van der Waals surface area contributed by atoms with Gasteiger partial charge in [-0.1, -0.05) is 52.2 Å². The number of rotatable bonds is 15. The molecule has 7 nitrogen and oxygen atoms in total. The molecule has 0 saturated heterocycles. The number of fused-ring (bicyclic) bond motifs is 1. The van der Waals surface area contributed by atoms with E-state index in [9.17, 15) is 14.4 Å². The summed E-state index contributed by atoms with van der Waals surface area (Å²) in [5.74, 6) is -0.812. The van der Waals surface area contributed by atoms with E-state index in [0.717, 1.165) is 57.5 Å². The Bertz CT molecular complexity index is 998. The van der Waals surface area contributed by atoms with Crippen LogP contribution >= 0.6 is 0 Å². The molecule has 0 radical (unpaired) electrons. The molecule has 3 amide bonds. The molecule has 2 aromatic carbocycles. The van der Waals surface area contributed by atoms with E-state index in [1.807, 2.05) is 24.3 Å². The van der Waals surface area contributed by atoms with Crippen LogP contribution in [0.25, 0.3) is 0 Å². The van der Waals surface area contributed by atoms with Crippen LogP contribution in [0.3, 0.4) is 0 Å². The lowest BCUT2D eigenvalue weighted by Crippen LogP contribution is -2.43. The number of anilines is 1. The minimum absolute atomic E-state index is 0.162. The third kappa shape index (κ3) is 6.52. The molecule has 2 aromatic rings. The zero-order valence-corrected chi connectivity index (χ0v) is 21.9. The first kappa shape index (κ1) is 27.4. The minimum Gasteiger partial charge on any atom is -0.370 e. The Morgan fingerprint density at radius 1 is 0.833 bits per heavy atom. The van der Waals surface area contributed by atoms with E-state index in [-0.39, 0.29) is 17.9 Å². The SMILES string of the molecule is CCCCCC(CCN(CCN(CC)CC)c1ccc(C(N)=O)cc1)N1C(=O)c2ccccc2C1=O. The molecule has 0 aromatic heterocycles. The van der Waals surface area contributed by atoms with E-state index >= 15 is 0 Å². The average molecular weight is 493 g/mol. The Morgan fingerprint density at radius 3 is 1.97 bits per heavy atom. The summed E-state index contributed by atoms with van der Waals surface area (Å²) < 4.78 is 0. The van der Waals surface area contributed by atoms with Crippen molar-refractivity contribution in [1.29, 1.82) is 0 Å². The van der Waals surface area contributed by atoms with E-state index in [1.54, 1.807) is 24.3 Å². The standard InChI is InChI=1S/C29H40N4O3/c1-4-7-8-11-24(33-28(35)25-12-9-10-13-26(25)29(33)36)18-19-32(21-20-31(5-2)6-3)23-16-14-22(15-17-23)27(30)34/h9-10,12-17,24H,4-8,11,18-21H2,1-3H3,(H2,30,34). The van der Waals surface area contributed by atoms with Gasteiger partial charge in [-0.3, -0.25) is 19.3 Å². The van der Waals surface area contributed by atoms with Gasteiger partial charge in [-0.05, 0) is 62.3 Å². The Hall–Kier alpha value is -3.19. The number of primary amides is 1. The lowest BCUT2D eigenvalue weighted by Gasteiger charge is -2.32. The fourth-order valence-corrected chi connectivity index (χ4v) is 4.89. The van der Waals surface area contributed by atoms with Gasteiger partial charge in [0.15, 0.2) is 0 Å². The number of imide groups is 1. The molecule has 1 unspecified atom stereocenters. The Morgan fingerprint density at radius 2 is 1.44 bits per heavy atom. The molecule has 3 rings (SSSR count). The number of amides is 3. The van der Waals surface area contributed by atoms with Crippen LogP contribution in [0.4, 0.5) is 5.69 Å². The number of nitrogens with two attached hydrogens (primary N) is 1. The first-order chi connectivity index (χ1) is 17.4. The van der Waals surface area contributed by atoms with Gasteiger partial charge in [0.1, 0.15) is 0 Å². The maximum Gasteiger partial charge on any atom is 0.261 e. The first-order valence-corrected chi connectivity index (χ1v) is 13.2. The molecule has 194 valence electrons. The van der Waals surface area contributed by atoms with Gasteiger partial charge in [-0.25, -0.2) is 0 Å². The van der Waals surface area contributed by atoms with Gasteiger partial charge in [0.25, 0.3) is 11.8 Å². The van der Waals surface area contributed by atoms with Crippen molar-refractivity contribution in [2.24, 2.45) is 5.73 Å². The highest BCUT2D eigenvalue weighted by Crippen LogP contribution is 2.28. The second-order valence-corrected chi connectivity index (χ2v) is 9.39. The van der Waals surface area contributed by atoms with E-state index in [4.69, 9.17) is 5.73 Å². The topological polar surface area (TPSA) is 86.9 Å². The summed E-state index contributed by atoms with van der Waals surface area (Å²) in [4.78, 5) is 44.2. The van der Waals surface area contributed by atoms with Crippen molar-refractivity contribution in [2.75, 3.05) is 37.6 Å². The van der Waals surface area contributed by atoms with Crippen LogP contribution in [-0.2, 0) is 0 Å². The summed E-state index contributed by atoms with van der Waals surface area (Å²) in [6, 6.07) is 14.3. The highest BCUT2D eigenvalue weighted by atomic mass is 16.2. The molecule has 0 bridgehead atoms. The normalized spacial score (nSPS) is 13.8. The highest BCUT2D eigenvalue weighted by molar-refractivity contribution is 6.21. The molecule has 36 heavy (non-hydrogen) atoms. The van der Waals surface area contributed by atoms with Crippen molar-refractivity contribution in [2.45, 2.75) is 58.9 Å². The van der Waals surface area contributed by atoms with Crippen LogP contribution in [-0.4, -0.2) is 66.3 Å². The van der Waals surface area contributed by atoms with Gasteiger partial charge >= 0.3 is 0 Å². The molecule has 7 heteroatoms. The van der Waals surface area contributed by atoms with Crippen molar-refractivity contribution >= 4 is 23.4 Å². The average Bonchev–Trinajstić information content (AvgIpc) is 3.15. The van der Waals surface area contributed by atoms with Gasteiger partial charge in [0.05, 0.1) is 11.1 Å². The smallest absolute Gasteiger partial charge is 0.261 e. The minimum atomic E-state index is -0.446. The first-order valence-electron chi connectivity index (χ1n) is 13.2. The maximum absolute atomic E-state index is 13.2. The summed E-state index contributed by atoms with van der Waals surface area (Å²) in [5.41, 5.74) is 7.92. The number of likely N-dealkylation sites (N-methyl/N-ethyl adjacent to an activating group) is 1. The number of benzene rings is 2. The van der Waals surface area contributed by atoms with E-state index in [0.29, 0.717) is 29.7 Å². The zero-order valence-electron chi connectivity index (χ0n) is 21.9. The Kier molecular flexibility index (Phi) is 10.1. The second kappa shape index (κ2) is 13.2. The lowest BCUT2D eigenvalue weighted by molar-refractivity contribution is 0.0567. The largest absolute Gasteiger partial charge is 0.370 e. The van der Waals surface area contributed by atoms with Crippen LogP contribution < -0.4 is 10.6 Å². The Balaban J connectivity index is 1.81. The fraction of sp³-hybridized carbons (Fsp3) is 0.483. The number of carbonyl (C=O) groups is 3. The molecule has 1 aliphatic heterocycles. The van der Waals surface area contributed by atoms with Crippen molar-refractivity contribution in [3.63, 3.8) is 0 Å². The molecule has 2 N–H and O–H groups in total. The van der Waals surface area contributed by atoms with Gasteiger partial charge in [-0.2, -0.15) is 0 Å². The molecule has 1 atom stereocenters. The molecule has 0 saturated carbocycles. The monoisotopic (exact) mass is 492 g/mol. The molecule has 0 fully saturated rings. The van der Waals surface area contributed by atoms with Crippen molar-refractivity contribution in [3.8, 4) is 0 Å². The predicted molar refractivity (Wildman–Crippen MR) is 144 cm³/mol. The number of carbonyl (C=O) groups excluding carboxylic acids is 3. The summed E-state index contributed by atoms with van der Waals surface area (Å²) in [6.45, 7) is 10.8. The number of hydrogen-bond donors (Lipinski definition) is 1. The molecular weight excluding hydrogens is 452 g/mol. The summed E-state index contributed by atoms with van der Waals surface area (Å²) in [5, 5.41) is 0. The molecule has 1 aliphatic rings. The van der Waals surface area contributed by atoms with Crippen molar-refractivity contribution in [3.05, 3.63) is 65.2 Å². The maximum atomic E-state index is 13.2.